The van der Waals surface area contributed by atoms with E-state index in [0.717, 1.165) is 0 Å². The van der Waals surface area contributed by atoms with Gasteiger partial charge < -0.3 is 59.6 Å². The van der Waals surface area contributed by atoms with Crippen molar-refractivity contribution in [1.82, 2.24) is 5.32 Å². The number of hydrogen-bond donors (Lipinski definition) is 7. The Kier molecular flexibility index (Phi) is 8.57. The minimum absolute atomic E-state index is 0.0847. The van der Waals surface area contributed by atoms with Crippen LogP contribution in [0.25, 0.3) is 0 Å². The second-order valence-electron chi connectivity index (χ2n) is 8.04. The van der Waals surface area contributed by atoms with Crippen molar-refractivity contribution in [3.05, 3.63) is 0 Å². The molecule has 0 aromatic rings. The summed E-state index contributed by atoms with van der Waals surface area (Å²) in [5.74, 6) is 0. The largest absolute Gasteiger partial charge is 0.394 e. The lowest BCUT2D eigenvalue weighted by atomic mass is 9.97. The Morgan fingerprint density at radius 2 is 1.55 bits per heavy atom. The summed E-state index contributed by atoms with van der Waals surface area (Å²) in [5.41, 5.74) is 0. The molecule has 3 aliphatic rings. The highest BCUT2D eigenvalue weighted by Crippen LogP contribution is 2.31. The van der Waals surface area contributed by atoms with Crippen LogP contribution >= 0.6 is 0 Å². The summed E-state index contributed by atoms with van der Waals surface area (Å²) in [6, 6.07) is -0.825. The number of aliphatic hydroxyl groups is 6. The molecule has 0 radical (unpaired) electrons. The third-order valence-electron chi connectivity index (χ3n) is 5.99. The van der Waals surface area contributed by atoms with E-state index in [2.05, 4.69) is 5.32 Å². The number of hydrogen-bond acceptors (Lipinski definition) is 12. The predicted molar refractivity (Wildman–Crippen MR) is 98.4 cm³/mol. The van der Waals surface area contributed by atoms with E-state index < -0.39 is 92.9 Å². The first kappa shape index (κ1) is 25.1. The third kappa shape index (κ3) is 5.03. The van der Waals surface area contributed by atoms with Gasteiger partial charge in [-0.15, -0.1) is 0 Å². The monoisotopic (exact) mass is 457 g/mol. The van der Waals surface area contributed by atoms with Crippen LogP contribution in [0.1, 0.15) is 6.92 Å². The van der Waals surface area contributed by atoms with Crippen LogP contribution < -0.4 is 5.32 Å². The Morgan fingerprint density at radius 3 is 2.16 bits per heavy atom. The molecule has 0 spiro atoms. The van der Waals surface area contributed by atoms with Crippen LogP contribution in [0.5, 0.6) is 0 Å². The maximum absolute atomic E-state index is 13.1. The highest BCUT2D eigenvalue weighted by atomic mass is 19.1. The zero-order valence-electron chi connectivity index (χ0n) is 17.2. The molecule has 3 rings (SSSR count). The van der Waals surface area contributed by atoms with E-state index in [1.54, 1.807) is 0 Å². The molecule has 3 fully saturated rings. The van der Waals surface area contributed by atoms with Crippen LogP contribution in [0.4, 0.5) is 4.39 Å². The number of aliphatic hydroxyl groups excluding tert-OH is 6. The molecule has 3 saturated heterocycles. The third-order valence-corrected chi connectivity index (χ3v) is 5.99. The first-order valence-electron chi connectivity index (χ1n) is 10.2. The average Bonchev–Trinajstić information content (AvgIpc) is 3.11. The number of methoxy groups -OCH3 is 1. The second-order valence-corrected chi connectivity index (χ2v) is 8.04. The van der Waals surface area contributed by atoms with Crippen molar-refractivity contribution >= 4 is 0 Å². The Labute approximate surface area is 178 Å². The molecule has 13 heteroatoms. The second kappa shape index (κ2) is 10.6. The zero-order valence-corrected chi connectivity index (χ0v) is 17.2. The summed E-state index contributed by atoms with van der Waals surface area (Å²) in [4.78, 5) is 0. The van der Waals surface area contributed by atoms with Crippen LogP contribution in [0.15, 0.2) is 0 Å². The molecule has 1 unspecified atom stereocenters. The topological polar surface area (TPSA) is 180 Å². The first-order valence-corrected chi connectivity index (χ1v) is 10.2. The molecule has 0 aromatic carbocycles. The molecule has 0 saturated carbocycles. The molecule has 182 valence electrons. The zero-order chi connectivity index (χ0) is 22.9. The van der Waals surface area contributed by atoms with Crippen molar-refractivity contribution in [3.63, 3.8) is 0 Å². The van der Waals surface area contributed by atoms with Gasteiger partial charge in [-0.3, -0.25) is 0 Å². The van der Waals surface area contributed by atoms with E-state index in [-0.39, 0.29) is 6.54 Å². The Bertz CT molecular complexity index is 575. The van der Waals surface area contributed by atoms with E-state index in [1.807, 2.05) is 0 Å². The maximum atomic E-state index is 13.1. The van der Waals surface area contributed by atoms with E-state index in [4.69, 9.17) is 23.7 Å². The van der Waals surface area contributed by atoms with Gasteiger partial charge in [0.1, 0.15) is 55.5 Å². The van der Waals surface area contributed by atoms with Gasteiger partial charge in [-0.2, -0.15) is 0 Å². The maximum Gasteiger partial charge on any atom is 0.187 e. The first-order chi connectivity index (χ1) is 14.7. The Morgan fingerprint density at radius 1 is 0.903 bits per heavy atom. The van der Waals surface area contributed by atoms with Crippen LogP contribution in [0.2, 0.25) is 0 Å². The average molecular weight is 457 g/mol. The molecule has 12 nitrogen and oxygen atoms in total. The van der Waals surface area contributed by atoms with Gasteiger partial charge in [-0.05, 0) is 6.92 Å². The number of nitrogens with one attached hydrogen (secondary N) is 1. The van der Waals surface area contributed by atoms with Crippen LogP contribution in [0, 0.1) is 0 Å². The molecule has 0 amide bonds. The van der Waals surface area contributed by atoms with E-state index >= 15 is 0 Å². The standard InChI is InChI=1S/C18H32FNO11/c1-6-10(23)16(27-2)13(26)18(28-6)31-15-9(5-21)29-17(12(25)11(15)24)30-14-7(3-19)20-4-8(14)22/h6-18,20-26H,3-5H2,1-2H3/t6-,7-,8-,9-,10-,11-,12-,13-,14-,15-,16?,17-,18+/m1/s1. The molecule has 7 N–H and O–H groups in total. The predicted octanol–water partition coefficient (Wildman–Crippen LogP) is -4.02. The molecular weight excluding hydrogens is 425 g/mol. The van der Waals surface area contributed by atoms with Gasteiger partial charge >= 0.3 is 0 Å². The lowest BCUT2D eigenvalue weighted by molar-refractivity contribution is -0.362. The fourth-order valence-electron chi connectivity index (χ4n) is 4.13. The van der Waals surface area contributed by atoms with Crippen LogP contribution in [-0.2, 0) is 23.7 Å². The van der Waals surface area contributed by atoms with Crippen molar-refractivity contribution in [2.24, 2.45) is 0 Å². The van der Waals surface area contributed by atoms with Gasteiger partial charge in [0.2, 0.25) is 0 Å². The molecule has 13 atom stereocenters. The highest BCUT2D eigenvalue weighted by molar-refractivity contribution is 4.96. The summed E-state index contributed by atoms with van der Waals surface area (Å²) >= 11 is 0. The molecular formula is C18H32FNO11. The van der Waals surface area contributed by atoms with Gasteiger partial charge in [-0.25, -0.2) is 4.39 Å². The Balaban J connectivity index is 1.69. The Hall–Kier alpha value is -0.550. The molecule has 0 bridgehead atoms. The summed E-state index contributed by atoms with van der Waals surface area (Å²) in [6.07, 6.45) is -15.2. The fourth-order valence-corrected chi connectivity index (χ4v) is 4.13. The number of alkyl halides is 1. The molecule has 31 heavy (non-hydrogen) atoms. The van der Waals surface area contributed by atoms with E-state index in [1.165, 1.54) is 14.0 Å². The van der Waals surface area contributed by atoms with Gasteiger partial charge in [0.25, 0.3) is 0 Å². The number of β-amino-alcohol motifs (C(OH)–C–C–N with tert-alkyl or cyclic N) is 1. The van der Waals surface area contributed by atoms with Gasteiger partial charge in [0.05, 0.1) is 24.9 Å². The highest BCUT2D eigenvalue weighted by Gasteiger charge is 2.51. The van der Waals surface area contributed by atoms with Crippen molar-refractivity contribution in [2.45, 2.75) is 86.6 Å². The van der Waals surface area contributed by atoms with Crippen LogP contribution in [-0.4, -0.2) is 137 Å². The minimum Gasteiger partial charge on any atom is -0.394 e. The van der Waals surface area contributed by atoms with Gasteiger partial charge in [0.15, 0.2) is 12.6 Å². The summed E-state index contributed by atoms with van der Waals surface area (Å²) in [6.45, 7) is 0.142. The minimum atomic E-state index is -1.68. The van der Waals surface area contributed by atoms with Crippen molar-refractivity contribution in [3.8, 4) is 0 Å². The lowest BCUT2D eigenvalue weighted by Gasteiger charge is -2.46. The van der Waals surface area contributed by atoms with Crippen molar-refractivity contribution < 1.29 is 58.7 Å². The summed E-state index contributed by atoms with van der Waals surface area (Å²) in [5, 5.41) is 64.0. The van der Waals surface area contributed by atoms with Gasteiger partial charge in [-0.1, -0.05) is 0 Å². The number of rotatable bonds is 7. The molecule has 3 heterocycles. The lowest BCUT2D eigenvalue weighted by Crippen LogP contribution is -2.64. The summed E-state index contributed by atoms with van der Waals surface area (Å²) < 4.78 is 40.4. The fraction of sp³-hybridized carbons (Fsp3) is 1.00. The number of ether oxygens (including phenoxy) is 5. The van der Waals surface area contributed by atoms with E-state index in [9.17, 15) is 35.0 Å². The number of halogens is 1. The normalized spacial score (nSPS) is 51.2. The van der Waals surface area contributed by atoms with Crippen molar-refractivity contribution in [1.29, 1.82) is 0 Å². The van der Waals surface area contributed by atoms with E-state index in [0.29, 0.717) is 0 Å². The molecule has 3 aliphatic heterocycles. The van der Waals surface area contributed by atoms with Crippen molar-refractivity contribution in [2.75, 3.05) is 26.9 Å². The summed E-state index contributed by atoms with van der Waals surface area (Å²) in [7, 11) is 1.30. The quantitative estimate of drug-likeness (QED) is 0.197. The van der Waals surface area contributed by atoms with Gasteiger partial charge in [0, 0.05) is 13.7 Å². The molecule has 0 aliphatic carbocycles. The molecule has 0 aromatic heterocycles. The van der Waals surface area contributed by atoms with Crippen LogP contribution in [0.3, 0.4) is 0 Å². The smallest absolute Gasteiger partial charge is 0.187 e. The SMILES string of the molecule is COC1[C@@H](O)[C@H](O[C@H]2[C@H](O)[C@@H](O)[C@@H](O[C@H]3[C@H](O)CN[C@@H]3CF)O[C@@H]2CO)O[C@H](C)[C@H]1O.